The van der Waals surface area contributed by atoms with Crippen LogP contribution in [0.4, 0.5) is 11.4 Å². The van der Waals surface area contributed by atoms with Crippen molar-refractivity contribution in [1.82, 2.24) is 10.2 Å². The van der Waals surface area contributed by atoms with Crippen LogP contribution < -0.4 is 0 Å². The lowest BCUT2D eigenvalue weighted by Crippen LogP contribution is -2.05. The molecular weight excluding hydrogens is 428 g/mol. The molecule has 1 heterocycles. The van der Waals surface area contributed by atoms with E-state index in [-0.39, 0.29) is 34.7 Å². The van der Waals surface area contributed by atoms with Crippen LogP contribution in [0.1, 0.15) is 10.4 Å². The molecule has 31 heavy (non-hydrogen) atoms. The molecule has 1 aromatic heterocycles. The summed E-state index contributed by atoms with van der Waals surface area (Å²) in [6.07, 6.45) is 0. The lowest BCUT2D eigenvalue weighted by atomic mass is 10.2. The van der Waals surface area contributed by atoms with Crippen molar-refractivity contribution >= 4 is 29.1 Å². The van der Waals surface area contributed by atoms with Gasteiger partial charge in [-0.3, -0.25) is 20.2 Å². The van der Waals surface area contributed by atoms with E-state index in [4.69, 9.17) is 9.15 Å². The number of benzene rings is 2. The average Bonchev–Trinajstić information content (AvgIpc) is 3.25. The molecule has 0 unspecified atom stereocenters. The highest BCUT2D eigenvalue weighted by molar-refractivity contribution is 7.99. The molecule has 0 aliphatic heterocycles. The zero-order chi connectivity index (χ0) is 22.2. The maximum atomic E-state index is 11.8. The fourth-order valence-corrected chi connectivity index (χ4v) is 2.75. The molecule has 0 bridgehead atoms. The van der Waals surface area contributed by atoms with E-state index in [0.29, 0.717) is 11.3 Å². The molecule has 2 aromatic carbocycles. The summed E-state index contributed by atoms with van der Waals surface area (Å²) in [4.78, 5) is 32.1. The van der Waals surface area contributed by atoms with E-state index in [1.54, 1.807) is 0 Å². The van der Waals surface area contributed by atoms with Crippen molar-refractivity contribution < 1.29 is 23.8 Å². The molecule has 0 fully saturated rings. The number of rotatable bonds is 7. The lowest BCUT2D eigenvalue weighted by molar-refractivity contribution is -0.385. The van der Waals surface area contributed by atoms with Crippen molar-refractivity contribution in [3.8, 4) is 23.3 Å². The van der Waals surface area contributed by atoms with Gasteiger partial charge >= 0.3 is 5.97 Å². The van der Waals surface area contributed by atoms with E-state index in [1.165, 1.54) is 60.3 Å². The average molecular weight is 440 g/mol. The van der Waals surface area contributed by atoms with Crippen molar-refractivity contribution in [2.24, 2.45) is 0 Å². The highest BCUT2D eigenvalue weighted by Crippen LogP contribution is 2.24. The monoisotopic (exact) mass is 440 g/mol. The van der Waals surface area contributed by atoms with E-state index in [2.05, 4.69) is 22.0 Å². The number of nitrogens with zero attached hydrogens (tertiary/aromatic N) is 4. The van der Waals surface area contributed by atoms with Gasteiger partial charge in [-0.05, 0) is 24.3 Å². The highest BCUT2D eigenvalue weighted by atomic mass is 32.2. The normalized spacial score (nSPS) is 10.1. The summed E-state index contributed by atoms with van der Waals surface area (Å²) in [6.45, 7) is -0.145. The van der Waals surface area contributed by atoms with Gasteiger partial charge in [0.1, 0.15) is 0 Å². The van der Waals surface area contributed by atoms with Crippen molar-refractivity contribution in [3.63, 3.8) is 0 Å². The molecule has 0 saturated carbocycles. The summed E-state index contributed by atoms with van der Waals surface area (Å²) < 4.78 is 10.4. The van der Waals surface area contributed by atoms with Gasteiger partial charge in [-0.1, -0.05) is 23.6 Å². The second-order valence-electron chi connectivity index (χ2n) is 5.70. The SMILES string of the molecule is O=C(OCC#CCSc1nnc(-c2ccc([N+](=O)[O-])cc2)o1)c1ccc([N+](=O)[O-])cc1. The molecule has 0 amide bonds. The van der Waals surface area contributed by atoms with Crippen LogP contribution in [0, 0.1) is 32.1 Å². The molecule has 11 nitrogen and oxygen atoms in total. The number of esters is 1. The summed E-state index contributed by atoms with van der Waals surface area (Å²) in [5.74, 6) is 5.33. The molecule has 3 rings (SSSR count). The minimum absolute atomic E-state index is 0.0394. The Labute approximate surface area is 178 Å². The predicted octanol–water partition coefficient (Wildman–Crippen LogP) is 3.51. The number of hydrogen-bond acceptors (Lipinski definition) is 10. The summed E-state index contributed by atoms with van der Waals surface area (Å²) in [5, 5.41) is 29.3. The van der Waals surface area contributed by atoms with Crippen LogP contribution in [0.5, 0.6) is 0 Å². The molecule has 0 aliphatic carbocycles. The van der Waals surface area contributed by atoms with Crippen LogP contribution in [0.3, 0.4) is 0 Å². The van der Waals surface area contributed by atoms with Gasteiger partial charge in [0.05, 0.1) is 21.2 Å². The Kier molecular flexibility index (Phi) is 6.92. The quantitative estimate of drug-likeness (QED) is 0.175. The number of carbonyl (C=O) groups excluding carboxylic acids is 1. The second-order valence-corrected chi connectivity index (χ2v) is 6.63. The van der Waals surface area contributed by atoms with E-state index in [0.717, 1.165) is 0 Å². The van der Waals surface area contributed by atoms with Crippen LogP contribution in [-0.2, 0) is 4.74 Å². The number of ether oxygens (including phenoxy) is 1. The minimum Gasteiger partial charge on any atom is -0.449 e. The van der Waals surface area contributed by atoms with Gasteiger partial charge in [-0.2, -0.15) is 0 Å². The van der Waals surface area contributed by atoms with E-state index >= 15 is 0 Å². The Bertz CT molecular complexity index is 1160. The number of carbonyl (C=O) groups is 1. The Morgan fingerprint density at radius 2 is 1.58 bits per heavy atom. The molecule has 0 saturated heterocycles. The second kappa shape index (κ2) is 9.99. The van der Waals surface area contributed by atoms with Crippen molar-refractivity contribution in [2.75, 3.05) is 12.4 Å². The van der Waals surface area contributed by atoms with E-state index in [9.17, 15) is 25.0 Å². The van der Waals surface area contributed by atoms with Crippen molar-refractivity contribution in [1.29, 1.82) is 0 Å². The lowest BCUT2D eigenvalue weighted by Gasteiger charge is -2.00. The first-order valence-corrected chi connectivity index (χ1v) is 9.51. The minimum atomic E-state index is -0.638. The number of hydrogen-bond donors (Lipinski definition) is 0. The van der Waals surface area contributed by atoms with Gasteiger partial charge < -0.3 is 9.15 Å². The Morgan fingerprint density at radius 3 is 2.19 bits per heavy atom. The van der Waals surface area contributed by atoms with Crippen molar-refractivity contribution in [3.05, 3.63) is 74.3 Å². The van der Waals surface area contributed by atoms with Crippen LogP contribution >= 0.6 is 11.8 Å². The Balaban J connectivity index is 1.44. The largest absolute Gasteiger partial charge is 0.449 e. The van der Waals surface area contributed by atoms with Crippen LogP contribution in [0.2, 0.25) is 0 Å². The fraction of sp³-hybridized carbons (Fsp3) is 0.105. The van der Waals surface area contributed by atoms with Crippen LogP contribution in [0.15, 0.2) is 58.2 Å². The first kappa shape index (κ1) is 21.5. The zero-order valence-corrected chi connectivity index (χ0v) is 16.4. The Hall–Kier alpha value is -4.24. The first-order chi connectivity index (χ1) is 14.9. The molecule has 156 valence electrons. The number of nitro benzene ring substituents is 2. The number of thioether (sulfide) groups is 1. The molecule has 3 aromatic rings. The standard InChI is InChI=1S/C19H12N4O7S/c24-18(14-5-9-16(10-6-14)23(27)28)29-11-1-2-12-31-19-21-20-17(30-19)13-3-7-15(8-4-13)22(25)26/h3-10H,11-12H2. The summed E-state index contributed by atoms with van der Waals surface area (Å²) in [7, 11) is 0. The van der Waals surface area contributed by atoms with Crippen LogP contribution in [-0.4, -0.2) is 38.4 Å². The van der Waals surface area contributed by atoms with Gasteiger partial charge in [0.15, 0.2) is 6.61 Å². The number of nitro groups is 2. The molecule has 0 N–H and O–H groups in total. The number of non-ortho nitro benzene ring substituents is 2. The van der Waals surface area contributed by atoms with Crippen LogP contribution in [0.25, 0.3) is 11.5 Å². The number of aromatic nitrogens is 2. The molecule has 0 radical (unpaired) electrons. The van der Waals surface area contributed by atoms with Gasteiger partial charge in [-0.15, -0.1) is 10.2 Å². The summed E-state index contributed by atoms with van der Waals surface area (Å²) >= 11 is 1.18. The summed E-state index contributed by atoms with van der Waals surface area (Å²) in [6, 6.07) is 10.8. The van der Waals surface area contributed by atoms with Gasteiger partial charge in [-0.25, -0.2) is 4.79 Å². The van der Waals surface area contributed by atoms with E-state index < -0.39 is 15.8 Å². The summed E-state index contributed by atoms with van der Waals surface area (Å²) in [5.41, 5.74) is 0.578. The maximum absolute atomic E-state index is 11.8. The van der Waals surface area contributed by atoms with Gasteiger partial charge in [0, 0.05) is 29.8 Å². The smallest absolute Gasteiger partial charge is 0.339 e. The molecule has 0 spiro atoms. The maximum Gasteiger partial charge on any atom is 0.339 e. The van der Waals surface area contributed by atoms with Gasteiger partial charge in [0.25, 0.3) is 16.6 Å². The predicted molar refractivity (Wildman–Crippen MR) is 108 cm³/mol. The fourth-order valence-electron chi connectivity index (χ4n) is 2.21. The highest BCUT2D eigenvalue weighted by Gasteiger charge is 2.12. The third-order valence-corrected chi connectivity index (χ3v) is 4.41. The first-order valence-electron chi connectivity index (χ1n) is 8.52. The topological polar surface area (TPSA) is 152 Å². The third kappa shape index (κ3) is 5.87. The zero-order valence-electron chi connectivity index (χ0n) is 15.6. The molecule has 12 heteroatoms. The molecule has 0 atom stereocenters. The molecule has 0 aliphatic rings. The molecular formula is C19H12N4O7S. The van der Waals surface area contributed by atoms with E-state index in [1.807, 2.05) is 0 Å². The Morgan fingerprint density at radius 1 is 0.968 bits per heavy atom. The van der Waals surface area contributed by atoms with Crippen molar-refractivity contribution in [2.45, 2.75) is 5.22 Å². The third-order valence-electron chi connectivity index (χ3n) is 3.71. The van der Waals surface area contributed by atoms with Gasteiger partial charge in [0.2, 0.25) is 5.89 Å².